The number of alkyl halides is 7. The highest BCUT2D eigenvalue weighted by molar-refractivity contribution is 14.1. The van der Waals surface area contributed by atoms with E-state index in [-0.39, 0.29) is 3.58 Å². The normalized spacial score (nSPS) is 14.1. The molecule has 1 aromatic heterocycles. The lowest BCUT2D eigenvalue weighted by atomic mass is 10.2. The molecule has 0 amide bonds. The van der Waals surface area contributed by atoms with E-state index in [1.165, 1.54) is 0 Å². The van der Waals surface area contributed by atoms with Gasteiger partial charge >= 0.3 is 18.7 Å². The lowest BCUT2D eigenvalue weighted by Crippen LogP contribution is -2.34. The SMILES string of the molecule is Cn1nc(C(F)(F)C(F)(F)F)c(OC(F)F)c1N=CC(I)=CN. The molecule has 23 heavy (non-hydrogen) atoms. The number of hydrogen-bond acceptors (Lipinski definition) is 4. The molecular formula is C10H8F7IN4O. The van der Waals surface area contributed by atoms with Crippen molar-refractivity contribution in [2.75, 3.05) is 0 Å². The molecular weight excluding hydrogens is 452 g/mol. The summed E-state index contributed by atoms with van der Waals surface area (Å²) in [4.78, 5) is 3.51. The van der Waals surface area contributed by atoms with Crippen molar-refractivity contribution in [3.63, 3.8) is 0 Å². The molecule has 0 saturated carbocycles. The van der Waals surface area contributed by atoms with Crippen molar-refractivity contribution in [3.05, 3.63) is 15.5 Å². The highest BCUT2D eigenvalue weighted by Gasteiger charge is 2.62. The van der Waals surface area contributed by atoms with Crippen LogP contribution in [0.25, 0.3) is 0 Å². The molecule has 5 nitrogen and oxygen atoms in total. The molecule has 0 aromatic carbocycles. The van der Waals surface area contributed by atoms with Crippen LogP contribution in [0, 0.1) is 0 Å². The van der Waals surface area contributed by atoms with Crippen molar-refractivity contribution in [1.82, 2.24) is 9.78 Å². The topological polar surface area (TPSA) is 65.4 Å². The summed E-state index contributed by atoms with van der Waals surface area (Å²) in [5, 5.41) is 2.93. The third-order valence-electron chi connectivity index (χ3n) is 2.30. The number of nitrogens with zero attached hydrogens (tertiary/aromatic N) is 3. The van der Waals surface area contributed by atoms with Gasteiger partial charge in [-0.1, -0.05) is 0 Å². The number of aromatic nitrogens is 2. The smallest absolute Gasteiger partial charge is 0.428 e. The number of ether oxygens (including phenoxy) is 1. The molecule has 0 atom stereocenters. The third kappa shape index (κ3) is 4.26. The Labute approximate surface area is 138 Å². The minimum atomic E-state index is -6.05. The highest BCUT2D eigenvalue weighted by atomic mass is 127. The summed E-state index contributed by atoms with van der Waals surface area (Å²) in [7, 11) is 0.944. The molecule has 13 heteroatoms. The molecule has 0 spiro atoms. The number of hydrogen-bond donors (Lipinski definition) is 1. The lowest BCUT2D eigenvalue weighted by molar-refractivity contribution is -0.291. The van der Waals surface area contributed by atoms with Crippen molar-refractivity contribution in [3.8, 4) is 5.75 Å². The van der Waals surface area contributed by atoms with E-state index in [9.17, 15) is 30.7 Å². The fraction of sp³-hybridized carbons (Fsp3) is 0.400. The molecule has 0 fully saturated rings. The second-order valence-electron chi connectivity index (χ2n) is 3.89. The van der Waals surface area contributed by atoms with Gasteiger partial charge in [0.2, 0.25) is 0 Å². The molecule has 0 aliphatic heterocycles. The van der Waals surface area contributed by atoms with Crippen LogP contribution in [0.5, 0.6) is 5.75 Å². The van der Waals surface area contributed by atoms with Gasteiger partial charge in [-0.05, 0) is 22.6 Å². The van der Waals surface area contributed by atoms with Crippen molar-refractivity contribution in [2.45, 2.75) is 18.7 Å². The largest absolute Gasteiger partial charge is 0.459 e. The van der Waals surface area contributed by atoms with Crippen LogP contribution in [0.15, 0.2) is 14.8 Å². The summed E-state index contributed by atoms with van der Waals surface area (Å²) in [5.74, 6) is -7.72. The number of aliphatic imine (C=N–C) groups is 1. The zero-order chi connectivity index (χ0) is 18.0. The first-order chi connectivity index (χ1) is 10.4. The summed E-state index contributed by atoms with van der Waals surface area (Å²) in [6.07, 6.45) is -4.06. The second-order valence-corrected chi connectivity index (χ2v) is 5.13. The maximum atomic E-state index is 13.4. The Balaban J connectivity index is 3.52. The van der Waals surface area contributed by atoms with E-state index < -0.39 is 36.0 Å². The van der Waals surface area contributed by atoms with E-state index in [2.05, 4.69) is 14.8 Å². The predicted octanol–water partition coefficient (Wildman–Crippen LogP) is 3.61. The zero-order valence-corrected chi connectivity index (χ0v) is 13.2. The van der Waals surface area contributed by atoms with Crippen LogP contribution >= 0.6 is 22.6 Å². The summed E-state index contributed by atoms with van der Waals surface area (Å²) in [5.41, 5.74) is 3.11. The van der Waals surface area contributed by atoms with Gasteiger partial charge in [0.1, 0.15) is 0 Å². The van der Waals surface area contributed by atoms with Crippen LogP contribution in [0.1, 0.15) is 5.69 Å². The first-order valence-electron chi connectivity index (χ1n) is 5.50. The van der Waals surface area contributed by atoms with Crippen LogP contribution in [-0.2, 0) is 13.0 Å². The van der Waals surface area contributed by atoms with Crippen molar-refractivity contribution >= 4 is 34.6 Å². The van der Waals surface area contributed by atoms with Gasteiger partial charge in [0, 0.05) is 23.0 Å². The minimum absolute atomic E-state index is 0.260. The van der Waals surface area contributed by atoms with Gasteiger partial charge in [0.15, 0.2) is 17.3 Å². The zero-order valence-electron chi connectivity index (χ0n) is 11.1. The summed E-state index contributed by atoms with van der Waals surface area (Å²) in [6.45, 7) is -3.65. The van der Waals surface area contributed by atoms with Crippen LogP contribution < -0.4 is 10.5 Å². The van der Waals surface area contributed by atoms with Gasteiger partial charge in [0.25, 0.3) is 0 Å². The summed E-state index contributed by atoms with van der Waals surface area (Å²) >= 11 is 1.66. The first-order valence-corrected chi connectivity index (χ1v) is 6.58. The average Bonchev–Trinajstić information content (AvgIpc) is 2.71. The Morgan fingerprint density at radius 1 is 1.35 bits per heavy atom. The summed E-state index contributed by atoms with van der Waals surface area (Å²) < 4.78 is 93.4. The quantitative estimate of drug-likeness (QED) is 0.415. The van der Waals surface area contributed by atoms with Crippen molar-refractivity contribution in [2.24, 2.45) is 17.8 Å². The lowest BCUT2D eigenvalue weighted by Gasteiger charge is -2.18. The van der Waals surface area contributed by atoms with Gasteiger partial charge in [-0.2, -0.15) is 35.8 Å². The average molecular weight is 460 g/mol. The van der Waals surface area contributed by atoms with Crippen LogP contribution in [-0.4, -0.2) is 28.8 Å². The molecule has 130 valence electrons. The van der Waals surface area contributed by atoms with Crippen molar-refractivity contribution < 1.29 is 35.5 Å². The van der Waals surface area contributed by atoms with E-state index in [0.29, 0.717) is 4.68 Å². The maximum Gasteiger partial charge on any atom is 0.459 e. The Bertz CT molecular complexity index is 623. The molecule has 0 saturated heterocycles. The standard InChI is InChI=1S/C10H8F7IN4O/c1-22-7(20-3-4(18)2-19)5(23-8(11)12)6(21-22)9(13,14)10(15,16)17/h2-3,8H,19H2,1H3. The van der Waals surface area contributed by atoms with E-state index in [1.54, 1.807) is 22.6 Å². The molecule has 0 radical (unpaired) electrons. The van der Waals surface area contributed by atoms with Gasteiger partial charge in [0.05, 0.1) is 0 Å². The Hall–Kier alpha value is -1.54. The molecule has 2 N–H and O–H groups in total. The van der Waals surface area contributed by atoms with Crippen molar-refractivity contribution in [1.29, 1.82) is 0 Å². The van der Waals surface area contributed by atoms with Crippen LogP contribution in [0.4, 0.5) is 36.6 Å². The van der Waals surface area contributed by atoms with Gasteiger partial charge in [-0.25, -0.2) is 9.67 Å². The van der Waals surface area contributed by atoms with Crippen LogP contribution in [0.3, 0.4) is 0 Å². The number of halogens is 8. The number of rotatable bonds is 5. The third-order valence-corrected chi connectivity index (χ3v) is 2.94. The number of allylic oxidation sites excluding steroid dienone is 1. The van der Waals surface area contributed by atoms with E-state index in [0.717, 1.165) is 19.5 Å². The fourth-order valence-electron chi connectivity index (χ4n) is 1.34. The monoisotopic (exact) mass is 460 g/mol. The van der Waals surface area contributed by atoms with Crippen LogP contribution in [0.2, 0.25) is 0 Å². The molecule has 0 bridgehead atoms. The summed E-state index contributed by atoms with van der Waals surface area (Å²) in [6, 6.07) is 0. The van der Waals surface area contributed by atoms with Gasteiger partial charge in [-0.3, -0.25) is 0 Å². The van der Waals surface area contributed by atoms with Gasteiger partial charge in [-0.15, -0.1) is 0 Å². The molecule has 0 aliphatic carbocycles. The van der Waals surface area contributed by atoms with E-state index in [1.807, 2.05) is 0 Å². The molecule has 0 aliphatic rings. The number of nitrogens with two attached hydrogens (primary N) is 1. The Morgan fingerprint density at radius 3 is 2.35 bits per heavy atom. The Kier molecular flexibility index (Phi) is 5.87. The van der Waals surface area contributed by atoms with E-state index in [4.69, 9.17) is 5.73 Å². The first kappa shape index (κ1) is 19.5. The fourth-order valence-corrected chi connectivity index (χ4v) is 1.48. The molecule has 0 unspecified atom stereocenters. The van der Waals surface area contributed by atoms with Gasteiger partial charge < -0.3 is 10.5 Å². The molecule has 1 aromatic rings. The number of aryl methyl sites for hydroxylation is 1. The minimum Gasteiger partial charge on any atom is -0.428 e. The predicted molar refractivity (Wildman–Crippen MR) is 74.2 cm³/mol. The highest BCUT2D eigenvalue weighted by Crippen LogP contribution is 2.49. The maximum absolute atomic E-state index is 13.4. The molecule has 1 rings (SSSR count). The second kappa shape index (κ2) is 6.92. The Morgan fingerprint density at radius 2 is 1.91 bits per heavy atom. The van der Waals surface area contributed by atoms with E-state index >= 15 is 0 Å². The molecule has 1 heterocycles.